The van der Waals surface area contributed by atoms with Crippen LogP contribution < -0.4 is 20.1 Å². The zero-order chi connectivity index (χ0) is 15.9. The average Bonchev–Trinajstić information content (AvgIpc) is 2.98. The molecule has 126 valence electrons. The predicted octanol–water partition coefficient (Wildman–Crippen LogP) is 2.41. The molecule has 6 heteroatoms. The van der Waals surface area contributed by atoms with E-state index < -0.39 is 0 Å². The summed E-state index contributed by atoms with van der Waals surface area (Å²) in [6.07, 6.45) is 3.55. The van der Waals surface area contributed by atoms with Crippen LogP contribution >= 0.6 is 11.8 Å². The van der Waals surface area contributed by atoms with Gasteiger partial charge in [-0.3, -0.25) is 4.99 Å². The van der Waals surface area contributed by atoms with Crippen molar-refractivity contribution in [3.63, 3.8) is 0 Å². The van der Waals surface area contributed by atoms with Gasteiger partial charge in [-0.25, -0.2) is 0 Å². The Bertz CT molecular complexity index is 545. The Hall–Kier alpha value is -1.56. The van der Waals surface area contributed by atoms with Crippen LogP contribution in [-0.2, 0) is 6.54 Å². The van der Waals surface area contributed by atoms with E-state index in [1.807, 2.05) is 30.9 Å². The molecule has 0 radical (unpaired) electrons. The summed E-state index contributed by atoms with van der Waals surface area (Å²) in [6.45, 7) is 3.06. The third-order valence-electron chi connectivity index (χ3n) is 4.04. The second-order valence-corrected chi connectivity index (χ2v) is 7.14. The van der Waals surface area contributed by atoms with E-state index in [-0.39, 0.29) is 0 Å². The summed E-state index contributed by atoms with van der Waals surface area (Å²) in [5.41, 5.74) is 1.10. The lowest BCUT2D eigenvalue weighted by Crippen LogP contribution is -2.39. The summed E-state index contributed by atoms with van der Waals surface area (Å²) < 4.78 is 11.6. The second-order valence-electron chi connectivity index (χ2n) is 5.74. The van der Waals surface area contributed by atoms with E-state index in [0.29, 0.717) is 25.0 Å². The van der Waals surface area contributed by atoms with E-state index in [2.05, 4.69) is 21.7 Å². The number of rotatable bonds is 4. The molecular weight excluding hydrogens is 310 g/mol. The number of benzene rings is 1. The molecule has 3 rings (SSSR count). The van der Waals surface area contributed by atoms with Crippen molar-refractivity contribution in [1.82, 2.24) is 10.6 Å². The first-order valence-corrected chi connectivity index (χ1v) is 9.35. The van der Waals surface area contributed by atoms with Crippen LogP contribution in [0.5, 0.6) is 11.5 Å². The van der Waals surface area contributed by atoms with E-state index in [1.165, 1.54) is 18.6 Å². The number of para-hydroxylation sites is 1. The number of nitrogens with zero attached hydrogens (tertiary/aromatic N) is 1. The highest BCUT2D eigenvalue weighted by molar-refractivity contribution is 8.00. The molecule has 5 nitrogen and oxygen atoms in total. The fraction of sp³-hybridized carbons (Fsp3) is 0.588. The second kappa shape index (κ2) is 8.34. The molecule has 0 aliphatic carbocycles. The van der Waals surface area contributed by atoms with Crippen LogP contribution in [0.3, 0.4) is 0 Å². The molecule has 23 heavy (non-hydrogen) atoms. The van der Waals surface area contributed by atoms with Crippen molar-refractivity contribution >= 4 is 17.7 Å². The van der Waals surface area contributed by atoms with Crippen LogP contribution in [0, 0.1) is 0 Å². The van der Waals surface area contributed by atoms with Gasteiger partial charge >= 0.3 is 0 Å². The van der Waals surface area contributed by atoms with Crippen molar-refractivity contribution in [3.05, 3.63) is 23.8 Å². The van der Waals surface area contributed by atoms with E-state index in [4.69, 9.17) is 9.47 Å². The number of fused-ring (bicyclic) bond motifs is 1. The smallest absolute Gasteiger partial charge is 0.191 e. The highest BCUT2D eigenvalue weighted by atomic mass is 32.2. The van der Waals surface area contributed by atoms with Crippen molar-refractivity contribution in [2.24, 2.45) is 4.99 Å². The maximum Gasteiger partial charge on any atom is 0.191 e. The van der Waals surface area contributed by atoms with Gasteiger partial charge < -0.3 is 20.1 Å². The maximum atomic E-state index is 5.86. The zero-order valence-electron chi connectivity index (χ0n) is 13.6. The number of hydrogen-bond donors (Lipinski definition) is 2. The monoisotopic (exact) mass is 335 g/mol. The Morgan fingerprint density at radius 3 is 3.00 bits per heavy atom. The SMILES string of the molecule is CN=C(NCc1cccc2c1OCCCO2)NCC1CCCS1. The molecule has 1 saturated heterocycles. The van der Waals surface area contributed by atoms with Gasteiger partial charge in [0.25, 0.3) is 0 Å². The van der Waals surface area contributed by atoms with Gasteiger partial charge in [-0.2, -0.15) is 11.8 Å². The Morgan fingerprint density at radius 2 is 2.17 bits per heavy atom. The van der Waals surface area contributed by atoms with Crippen LogP contribution in [0.15, 0.2) is 23.2 Å². The van der Waals surface area contributed by atoms with Crippen LogP contribution in [-0.4, -0.2) is 43.8 Å². The molecule has 2 aliphatic rings. The molecule has 2 heterocycles. The van der Waals surface area contributed by atoms with Gasteiger partial charge in [0.15, 0.2) is 17.5 Å². The summed E-state index contributed by atoms with van der Waals surface area (Å²) in [7, 11) is 1.81. The third kappa shape index (κ3) is 4.47. The lowest BCUT2D eigenvalue weighted by Gasteiger charge is -2.16. The number of guanidine groups is 1. The van der Waals surface area contributed by atoms with Crippen LogP contribution in [0.2, 0.25) is 0 Å². The number of aliphatic imine (C=N–C) groups is 1. The summed E-state index contributed by atoms with van der Waals surface area (Å²) in [6, 6.07) is 6.05. The summed E-state index contributed by atoms with van der Waals surface area (Å²) in [5.74, 6) is 3.82. The fourth-order valence-corrected chi connectivity index (χ4v) is 4.01. The summed E-state index contributed by atoms with van der Waals surface area (Å²) in [5, 5.41) is 7.50. The fourth-order valence-electron chi connectivity index (χ4n) is 2.81. The maximum absolute atomic E-state index is 5.86. The molecule has 2 N–H and O–H groups in total. The van der Waals surface area contributed by atoms with Crippen LogP contribution in [0.25, 0.3) is 0 Å². The largest absolute Gasteiger partial charge is 0.490 e. The zero-order valence-corrected chi connectivity index (χ0v) is 14.5. The van der Waals surface area contributed by atoms with E-state index >= 15 is 0 Å². The lowest BCUT2D eigenvalue weighted by atomic mass is 10.2. The van der Waals surface area contributed by atoms with Crippen molar-refractivity contribution in [3.8, 4) is 11.5 Å². The number of ether oxygens (including phenoxy) is 2. The van der Waals surface area contributed by atoms with E-state index in [9.17, 15) is 0 Å². The van der Waals surface area contributed by atoms with Crippen molar-refractivity contribution in [2.75, 3.05) is 32.6 Å². The topological polar surface area (TPSA) is 54.9 Å². The van der Waals surface area contributed by atoms with E-state index in [0.717, 1.165) is 36.0 Å². The minimum absolute atomic E-state index is 0.671. The van der Waals surface area contributed by atoms with Crippen molar-refractivity contribution in [1.29, 1.82) is 0 Å². The van der Waals surface area contributed by atoms with Gasteiger partial charge in [0.05, 0.1) is 13.2 Å². The molecule has 1 fully saturated rings. The average molecular weight is 335 g/mol. The van der Waals surface area contributed by atoms with Crippen LogP contribution in [0.4, 0.5) is 0 Å². The van der Waals surface area contributed by atoms with Gasteiger partial charge in [0, 0.05) is 37.4 Å². The Labute approximate surface area is 142 Å². The van der Waals surface area contributed by atoms with Gasteiger partial charge in [-0.05, 0) is 24.7 Å². The molecule has 0 saturated carbocycles. The molecule has 2 aliphatic heterocycles. The van der Waals surface area contributed by atoms with Gasteiger partial charge in [0.2, 0.25) is 0 Å². The van der Waals surface area contributed by atoms with Gasteiger partial charge in [0.1, 0.15) is 0 Å². The molecule has 0 bridgehead atoms. The first-order chi connectivity index (χ1) is 11.4. The van der Waals surface area contributed by atoms with Crippen molar-refractivity contribution in [2.45, 2.75) is 31.1 Å². The summed E-state index contributed by atoms with van der Waals surface area (Å²) in [4.78, 5) is 4.31. The quantitative estimate of drug-likeness (QED) is 0.654. The minimum Gasteiger partial charge on any atom is -0.490 e. The van der Waals surface area contributed by atoms with Gasteiger partial charge in [-0.1, -0.05) is 12.1 Å². The van der Waals surface area contributed by atoms with Crippen molar-refractivity contribution < 1.29 is 9.47 Å². The standard InChI is InChI=1S/C17H25N3O2S/c1-18-17(20-12-14-6-3-10-23-14)19-11-13-5-2-7-15-16(13)22-9-4-8-21-15/h2,5,7,14H,3-4,6,8-12H2,1H3,(H2,18,19,20). The molecule has 0 spiro atoms. The molecular formula is C17H25N3O2S. The highest BCUT2D eigenvalue weighted by Gasteiger charge is 2.17. The van der Waals surface area contributed by atoms with Gasteiger partial charge in [-0.15, -0.1) is 0 Å². The number of hydrogen-bond acceptors (Lipinski definition) is 4. The molecule has 0 amide bonds. The molecule has 0 aromatic heterocycles. The normalized spacial score (nSPS) is 20.9. The van der Waals surface area contributed by atoms with Crippen LogP contribution in [0.1, 0.15) is 24.8 Å². The minimum atomic E-state index is 0.671. The van der Waals surface area contributed by atoms with E-state index in [1.54, 1.807) is 0 Å². The molecule has 1 aromatic carbocycles. The first kappa shape index (κ1) is 16.3. The third-order valence-corrected chi connectivity index (χ3v) is 5.44. The molecule has 1 unspecified atom stereocenters. The Kier molecular flexibility index (Phi) is 5.91. The number of thioether (sulfide) groups is 1. The lowest BCUT2D eigenvalue weighted by molar-refractivity contribution is 0.296. The predicted molar refractivity (Wildman–Crippen MR) is 95.7 cm³/mol. The molecule has 1 aromatic rings. The number of nitrogens with one attached hydrogen (secondary N) is 2. The Balaban J connectivity index is 1.56. The first-order valence-electron chi connectivity index (χ1n) is 8.30. The molecule has 1 atom stereocenters. The summed E-state index contributed by atoms with van der Waals surface area (Å²) >= 11 is 2.05. The Morgan fingerprint density at radius 1 is 1.26 bits per heavy atom. The highest BCUT2D eigenvalue weighted by Crippen LogP contribution is 2.33.